The summed E-state index contributed by atoms with van der Waals surface area (Å²) in [5.74, 6) is -1.16. The minimum Gasteiger partial charge on any atom is -0.453 e. The van der Waals surface area contributed by atoms with E-state index < -0.39 is 11.7 Å². The first-order chi connectivity index (χ1) is 9.38. The maximum Gasteiger partial charge on any atom is 0.250 e. The lowest BCUT2D eigenvalue weighted by Crippen LogP contribution is -2.14. The second-order valence-corrected chi connectivity index (χ2v) is 5.68. The number of rotatable bonds is 3. The van der Waals surface area contributed by atoms with Crippen LogP contribution in [0.1, 0.15) is 10.4 Å². The standard InChI is InChI=1S/C13H9Br2FN2O2/c14-6-1-2-11(8(15)3-6)20-12-4-7(13(18)19)10(17)5-9(12)16/h1-5H,17H2,(H2,18,19). The van der Waals surface area contributed by atoms with Crippen LogP contribution in [0.2, 0.25) is 0 Å². The molecule has 0 unspecified atom stereocenters. The van der Waals surface area contributed by atoms with Crippen LogP contribution >= 0.6 is 31.9 Å². The van der Waals surface area contributed by atoms with Gasteiger partial charge in [0.25, 0.3) is 5.91 Å². The quantitative estimate of drug-likeness (QED) is 0.764. The molecule has 4 N–H and O–H groups in total. The van der Waals surface area contributed by atoms with Crippen molar-refractivity contribution in [3.63, 3.8) is 0 Å². The lowest BCUT2D eigenvalue weighted by atomic mass is 10.1. The Morgan fingerprint density at radius 1 is 1.15 bits per heavy atom. The number of carbonyl (C=O) groups excluding carboxylic acids is 1. The van der Waals surface area contributed by atoms with Crippen LogP contribution in [0.5, 0.6) is 11.5 Å². The van der Waals surface area contributed by atoms with Crippen molar-refractivity contribution in [1.29, 1.82) is 0 Å². The van der Waals surface area contributed by atoms with E-state index in [-0.39, 0.29) is 17.0 Å². The Kier molecular flexibility index (Phi) is 4.29. The maximum absolute atomic E-state index is 13.8. The molecule has 0 fully saturated rings. The molecule has 0 aliphatic carbocycles. The van der Waals surface area contributed by atoms with Gasteiger partial charge < -0.3 is 16.2 Å². The molecule has 20 heavy (non-hydrogen) atoms. The van der Waals surface area contributed by atoms with Gasteiger partial charge in [0.15, 0.2) is 11.6 Å². The zero-order valence-corrected chi connectivity index (χ0v) is 13.2. The summed E-state index contributed by atoms with van der Waals surface area (Å²) in [6.07, 6.45) is 0. The molecule has 4 nitrogen and oxygen atoms in total. The molecule has 0 heterocycles. The highest BCUT2D eigenvalue weighted by Crippen LogP contribution is 2.34. The van der Waals surface area contributed by atoms with E-state index in [2.05, 4.69) is 31.9 Å². The van der Waals surface area contributed by atoms with Crippen molar-refractivity contribution in [2.45, 2.75) is 0 Å². The van der Waals surface area contributed by atoms with Gasteiger partial charge in [-0.05, 0) is 40.2 Å². The van der Waals surface area contributed by atoms with E-state index in [1.165, 1.54) is 6.07 Å². The Bertz CT molecular complexity index is 692. The Morgan fingerprint density at radius 3 is 2.45 bits per heavy atom. The van der Waals surface area contributed by atoms with Crippen molar-refractivity contribution in [2.75, 3.05) is 5.73 Å². The summed E-state index contributed by atoms with van der Waals surface area (Å²) in [5, 5.41) is 0. The lowest BCUT2D eigenvalue weighted by Gasteiger charge is -2.11. The molecule has 0 aliphatic rings. The number of ether oxygens (including phenoxy) is 1. The largest absolute Gasteiger partial charge is 0.453 e. The van der Waals surface area contributed by atoms with Crippen LogP contribution in [-0.2, 0) is 0 Å². The molecule has 0 radical (unpaired) electrons. The minimum atomic E-state index is -0.748. The number of hydrogen-bond donors (Lipinski definition) is 2. The number of primary amides is 1. The van der Waals surface area contributed by atoms with Crippen LogP contribution in [0.25, 0.3) is 0 Å². The second-order valence-electron chi connectivity index (χ2n) is 3.91. The van der Waals surface area contributed by atoms with Crippen LogP contribution in [0.15, 0.2) is 39.3 Å². The van der Waals surface area contributed by atoms with Gasteiger partial charge in [0.2, 0.25) is 0 Å². The molecule has 0 aromatic heterocycles. The van der Waals surface area contributed by atoms with Crippen LogP contribution in [0.4, 0.5) is 10.1 Å². The third-order valence-electron chi connectivity index (χ3n) is 2.48. The predicted octanol–water partition coefficient (Wildman–Crippen LogP) is 3.82. The van der Waals surface area contributed by atoms with E-state index >= 15 is 0 Å². The Hall–Kier alpha value is -1.60. The minimum absolute atomic E-state index is 0.00892. The van der Waals surface area contributed by atoms with Crippen LogP contribution in [0, 0.1) is 5.82 Å². The first kappa shape index (κ1) is 14.8. The fourth-order valence-electron chi connectivity index (χ4n) is 1.54. The molecule has 2 aromatic rings. The lowest BCUT2D eigenvalue weighted by molar-refractivity contribution is 0.100. The number of nitrogen functional groups attached to an aromatic ring is 1. The van der Waals surface area contributed by atoms with Gasteiger partial charge in [0, 0.05) is 16.2 Å². The third-order valence-corrected chi connectivity index (χ3v) is 3.60. The van der Waals surface area contributed by atoms with E-state index in [0.29, 0.717) is 10.2 Å². The first-order valence-corrected chi connectivity index (χ1v) is 6.99. The smallest absolute Gasteiger partial charge is 0.250 e. The van der Waals surface area contributed by atoms with E-state index in [4.69, 9.17) is 16.2 Å². The number of hydrogen-bond acceptors (Lipinski definition) is 3. The summed E-state index contributed by atoms with van der Waals surface area (Å²) in [4.78, 5) is 11.2. The highest BCUT2D eigenvalue weighted by molar-refractivity contribution is 9.11. The first-order valence-electron chi connectivity index (χ1n) is 5.40. The van der Waals surface area contributed by atoms with Crippen molar-refractivity contribution in [3.05, 3.63) is 50.7 Å². The van der Waals surface area contributed by atoms with Gasteiger partial charge >= 0.3 is 0 Å². The average Bonchev–Trinajstić information content (AvgIpc) is 2.35. The van der Waals surface area contributed by atoms with Gasteiger partial charge in [0.1, 0.15) is 5.75 Å². The zero-order valence-electron chi connectivity index (χ0n) is 9.99. The van der Waals surface area contributed by atoms with Gasteiger partial charge in [-0.25, -0.2) is 4.39 Å². The van der Waals surface area contributed by atoms with Crippen molar-refractivity contribution < 1.29 is 13.9 Å². The monoisotopic (exact) mass is 402 g/mol. The highest BCUT2D eigenvalue weighted by atomic mass is 79.9. The molecule has 0 saturated carbocycles. The van der Waals surface area contributed by atoms with Crippen molar-refractivity contribution in [2.24, 2.45) is 5.73 Å². The molecule has 7 heteroatoms. The van der Waals surface area contributed by atoms with E-state index in [0.717, 1.165) is 10.5 Å². The van der Waals surface area contributed by atoms with Gasteiger partial charge in [-0.1, -0.05) is 15.9 Å². The molecule has 2 rings (SSSR count). The number of nitrogens with two attached hydrogens (primary N) is 2. The summed E-state index contributed by atoms with van der Waals surface area (Å²) in [6, 6.07) is 7.32. The van der Waals surface area contributed by atoms with E-state index in [1.807, 2.05) is 0 Å². The molecule has 0 saturated heterocycles. The van der Waals surface area contributed by atoms with Crippen molar-refractivity contribution >= 4 is 43.5 Å². The van der Waals surface area contributed by atoms with Gasteiger partial charge in [0.05, 0.1) is 10.0 Å². The number of halogens is 3. The summed E-state index contributed by atoms with van der Waals surface area (Å²) < 4.78 is 20.7. The topological polar surface area (TPSA) is 78.3 Å². The van der Waals surface area contributed by atoms with Crippen LogP contribution < -0.4 is 16.2 Å². The summed E-state index contributed by atoms with van der Waals surface area (Å²) in [5.41, 5.74) is 10.7. The SMILES string of the molecule is NC(=O)c1cc(Oc2ccc(Br)cc2Br)c(F)cc1N. The van der Waals surface area contributed by atoms with Crippen LogP contribution in [-0.4, -0.2) is 5.91 Å². The molecule has 0 aliphatic heterocycles. The Morgan fingerprint density at radius 2 is 1.85 bits per heavy atom. The third kappa shape index (κ3) is 3.10. The van der Waals surface area contributed by atoms with Gasteiger partial charge in [-0.15, -0.1) is 0 Å². The Labute approximate surface area is 131 Å². The van der Waals surface area contributed by atoms with Crippen molar-refractivity contribution in [1.82, 2.24) is 0 Å². The normalized spacial score (nSPS) is 10.3. The summed E-state index contributed by atoms with van der Waals surface area (Å²) in [6.45, 7) is 0. The van der Waals surface area contributed by atoms with Gasteiger partial charge in [-0.3, -0.25) is 4.79 Å². The Balaban J connectivity index is 2.43. The highest BCUT2D eigenvalue weighted by Gasteiger charge is 2.14. The van der Waals surface area contributed by atoms with E-state index in [1.54, 1.807) is 18.2 Å². The number of benzene rings is 2. The fourth-order valence-corrected chi connectivity index (χ4v) is 2.66. The zero-order chi connectivity index (χ0) is 14.9. The summed E-state index contributed by atoms with van der Waals surface area (Å²) >= 11 is 6.60. The number of amides is 1. The second kappa shape index (κ2) is 5.80. The molecule has 104 valence electrons. The molecular weight excluding hydrogens is 395 g/mol. The van der Waals surface area contributed by atoms with Gasteiger partial charge in [-0.2, -0.15) is 0 Å². The molecule has 2 aromatic carbocycles. The molecular formula is C13H9Br2FN2O2. The molecule has 0 spiro atoms. The van der Waals surface area contributed by atoms with Crippen molar-refractivity contribution in [3.8, 4) is 11.5 Å². The predicted molar refractivity (Wildman–Crippen MR) is 81.2 cm³/mol. The fraction of sp³-hybridized carbons (Fsp3) is 0. The molecule has 0 atom stereocenters. The van der Waals surface area contributed by atoms with Crippen LogP contribution in [0.3, 0.4) is 0 Å². The average molecular weight is 404 g/mol. The molecule has 0 bridgehead atoms. The van der Waals surface area contributed by atoms with E-state index in [9.17, 15) is 9.18 Å². The number of anilines is 1. The maximum atomic E-state index is 13.8. The molecule has 1 amide bonds. The summed E-state index contributed by atoms with van der Waals surface area (Å²) in [7, 11) is 0. The number of carbonyl (C=O) groups is 1.